The Labute approximate surface area is 123 Å². The van der Waals surface area contributed by atoms with E-state index in [2.05, 4.69) is 58.9 Å². The Morgan fingerprint density at radius 3 is 1.32 bits per heavy atom. The molecule has 0 heterocycles. The van der Waals surface area contributed by atoms with Crippen molar-refractivity contribution in [2.24, 2.45) is 0 Å². The first-order valence-electron chi connectivity index (χ1n) is 6.92. The summed E-state index contributed by atoms with van der Waals surface area (Å²) >= 11 is 0. The van der Waals surface area contributed by atoms with E-state index < -0.39 is 34.0 Å². The van der Waals surface area contributed by atoms with E-state index in [-0.39, 0.29) is 0 Å². The van der Waals surface area contributed by atoms with E-state index in [9.17, 15) is 0 Å². The number of hydrogen-bond donors (Lipinski definition) is 0. The van der Waals surface area contributed by atoms with Gasteiger partial charge in [0.05, 0.1) is 0 Å². The monoisotopic (exact) mass is 340 g/mol. The molecule has 0 bridgehead atoms. The van der Waals surface area contributed by atoms with Gasteiger partial charge < -0.3 is 16.8 Å². The lowest BCUT2D eigenvalue weighted by Crippen LogP contribution is -2.56. The predicted molar refractivity (Wildman–Crippen MR) is 90.7 cm³/mol. The summed E-state index contributed by atoms with van der Waals surface area (Å²) in [6.45, 7) is 21.8. The van der Waals surface area contributed by atoms with Crippen LogP contribution in [0.15, 0.2) is 0 Å². The first-order valence-corrected chi connectivity index (χ1v) is 18.8. The summed E-state index contributed by atoms with van der Waals surface area (Å²) < 4.78 is 24.5. The van der Waals surface area contributed by atoms with Crippen molar-refractivity contribution in [2.45, 2.75) is 65.8 Å². The zero-order chi connectivity index (χ0) is 15.5. The minimum atomic E-state index is -2.22. The normalized spacial score (nSPS) is 14.8. The van der Waals surface area contributed by atoms with E-state index in [4.69, 9.17) is 16.8 Å². The van der Waals surface area contributed by atoms with Crippen molar-refractivity contribution in [1.29, 1.82) is 0 Å². The molecule has 0 aliphatic rings. The summed E-state index contributed by atoms with van der Waals surface area (Å²) in [6, 6.07) is 0. The van der Waals surface area contributed by atoms with E-state index in [1.165, 1.54) is 0 Å². The third-order valence-electron chi connectivity index (χ3n) is 2.03. The molecule has 0 fully saturated rings. The SMILES string of the molecule is CCO[Si](C)(C)O[Si](C)(C)O[Si](C)(C)O[Si](C)(C)C. The summed E-state index contributed by atoms with van der Waals surface area (Å²) in [5, 5.41) is 0. The minimum Gasteiger partial charge on any atom is -0.437 e. The molecule has 0 aromatic rings. The lowest BCUT2D eigenvalue weighted by molar-refractivity contribution is 0.235. The molecule has 0 rings (SSSR count). The Balaban J connectivity index is 4.67. The molecule has 8 heteroatoms. The second kappa shape index (κ2) is 6.65. The Morgan fingerprint density at radius 1 is 0.579 bits per heavy atom. The smallest absolute Gasteiger partial charge is 0.322 e. The fourth-order valence-corrected chi connectivity index (χ4v) is 19.7. The first kappa shape index (κ1) is 19.7. The zero-order valence-electron chi connectivity index (χ0n) is 14.3. The molecule has 0 aromatic heterocycles. The molecule has 0 radical (unpaired) electrons. The molecule has 4 nitrogen and oxygen atoms in total. The van der Waals surface area contributed by atoms with Gasteiger partial charge in [0.15, 0.2) is 8.32 Å². The van der Waals surface area contributed by atoms with Crippen LogP contribution in [0.2, 0.25) is 58.9 Å². The quantitative estimate of drug-likeness (QED) is 0.626. The first-order chi connectivity index (χ1) is 8.18. The number of rotatable bonds is 8. The van der Waals surface area contributed by atoms with Gasteiger partial charge in [-0.1, -0.05) is 0 Å². The van der Waals surface area contributed by atoms with E-state index in [1.54, 1.807) is 0 Å². The maximum Gasteiger partial charge on any atom is 0.322 e. The largest absolute Gasteiger partial charge is 0.437 e. The molecule has 0 saturated heterocycles. The third kappa shape index (κ3) is 10.1. The van der Waals surface area contributed by atoms with E-state index in [0.717, 1.165) is 0 Å². The third-order valence-corrected chi connectivity index (χ3v) is 15.3. The van der Waals surface area contributed by atoms with Crippen LogP contribution in [-0.4, -0.2) is 40.6 Å². The predicted octanol–water partition coefficient (Wildman–Crippen LogP) is 4.01. The Hall–Kier alpha value is 0.708. The Morgan fingerprint density at radius 2 is 0.947 bits per heavy atom. The van der Waals surface area contributed by atoms with Crippen LogP contribution in [0.1, 0.15) is 6.92 Å². The molecule has 0 saturated carbocycles. The Bertz CT molecular complexity index is 287. The molecule has 19 heavy (non-hydrogen) atoms. The van der Waals surface area contributed by atoms with Gasteiger partial charge in [-0.2, -0.15) is 0 Å². The van der Waals surface area contributed by atoms with Crippen LogP contribution in [0.3, 0.4) is 0 Å². The maximum atomic E-state index is 6.31. The molecule has 116 valence electrons. The van der Waals surface area contributed by atoms with Crippen molar-refractivity contribution in [3.63, 3.8) is 0 Å². The summed E-state index contributed by atoms with van der Waals surface area (Å²) in [5.41, 5.74) is 0. The fraction of sp³-hybridized carbons (Fsp3) is 1.00. The van der Waals surface area contributed by atoms with Crippen LogP contribution in [0.5, 0.6) is 0 Å². The summed E-state index contributed by atoms with van der Waals surface area (Å²) in [4.78, 5) is 0. The fourth-order valence-electron chi connectivity index (χ4n) is 2.34. The van der Waals surface area contributed by atoms with Crippen LogP contribution < -0.4 is 0 Å². The Kier molecular flexibility index (Phi) is 6.89. The van der Waals surface area contributed by atoms with Gasteiger partial charge in [-0.3, -0.25) is 0 Å². The van der Waals surface area contributed by atoms with Crippen molar-refractivity contribution < 1.29 is 16.8 Å². The molecule has 0 aliphatic heterocycles. The van der Waals surface area contributed by atoms with Gasteiger partial charge in [0.1, 0.15) is 0 Å². The van der Waals surface area contributed by atoms with Gasteiger partial charge >= 0.3 is 25.7 Å². The van der Waals surface area contributed by atoms with Gasteiger partial charge in [-0.15, -0.1) is 0 Å². The van der Waals surface area contributed by atoms with Gasteiger partial charge in [0, 0.05) is 6.61 Å². The van der Waals surface area contributed by atoms with E-state index >= 15 is 0 Å². The van der Waals surface area contributed by atoms with Crippen molar-refractivity contribution in [3.05, 3.63) is 0 Å². The highest BCUT2D eigenvalue weighted by atomic mass is 28.5. The molecular formula is C11H32O4Si4. The zero-order valence-corrected chi connectivity index (χ0v) is 18.3. The molecule has 0 amide bonds. The standard InChI is InChI=1S/C11H32O4Si4/c1-11-12-17(5,6)14-19(9,10)15-18(7,8)13-16(2,3)4/h11H2,1-10H3. The summed E-state index contributed by atoms with van der Waals surface area (Å²) in [7, 11) is -8.01. The highest BCUT2D eigenvalue weighted by molar-refractivity contribution is 6.88. The summed E-state index contributed by atoms with van der Waals surface area (Å²) in [6.07, 6.45) is 0. The molecule has 0 aromatic carbocycles. The van der Waals surface area contributed by atoms with Crippen LogP contribution in [0.25, 0.3) is 0 Å². The van der Waals surface area contributed by atoms with Gasteiger partial charge in [0.25, 0.3) is 0 Å². The lowest BCUT2D eigenvalue weighted by Gasteiger charge is -2.39. The minimum absolute atomic E-state index is 0.690. The summed E-state index contributed by atoms with van der Waals surface area (Å²) in [5.74, 6) is 0. The average molecular weight is 341 g/mol. The van der Waals surface area contributed by atoms with Gasteiger partial charge in [-0.05, 0) is 65.8 Å². The molecule has 0 atom stereocenters. The van der Waals surface area contributed by atoms with Crippen LogP contribution >= 0.6 is 0 Å². The van der Waals surface area contributed by atoms with Crippen molar-refractivity contribution in [1.82, 2.24) is 0 Å². The lowest BCUT2D eigenvalue weighted by atomic mass is 10.9. The van der Waals surface area contributed by atoms with E-state index in [0.29, 0.717) is 6.61 Å². The highest BCUT2D eigenvalue weighted by Gasteiger charge is 2.43. The second-order valence-corrected chi connectivity index (χ2v) is 22.4. The average Bonchev–Trinajstić information content (AvgIpc) is 1.90. The van der Waals surface area contributed by atoms with Crippen molar-refractivity contribution in [3.8, 4) is 0 Å². The van der Waals surface area contributed by atoms with Crippen molar-refractivity contribution >= 4 is 34.0 Å². The maximum absolute atomic E-state index is 6.31. The van der Waals surface area contributed by atoms with Gasteiger partial charge in [-0.25, -0.2) is 0 Å². The molecule has 0 unspecified atom stereocenters. The van der Waals surface area contributed by atoms with Crippen molar-refractivity contribution in [2.75, 3.05) is 6.61 Å². The second-order valence-electron chi connectivity index (χ2n) is 7.05. The van der Waals surface area contributed by atoms with Gasteiger partial charge in [0.2, 0.25) is 0 Å². The van der Waals surface area contributed by atoms with Crippen LogP contribution in [-0.2, 0) is 16.8 Å². The van der Waals surface area contributed by atoms with Crippen LogP contribution in [0, 0.1) is 0 Å². The molecule has 0 aliphatic carbocycles. The molecule has 0 spiro atoms. The topological polar surface area (TPSA) is 36.9 Å². The highest BCUT2D eigenvalue weighted by Crippen LogP contribution is 2.24. The molecular weight excluding hydrogens is 308 g/mol. The number of hydrogen-bond acceptors (Lipinski definition) is 4. The molecule has 0 N–H and O–H groups in total. The van der Waals surface area contributed by atoms with E-state index in [1.807, 2.05) is 6.92 Å². The van der Waals surface area contributed by atoms with Crippen LogP contribution in [0.4, 0.5) is 0 Å².